The van der Waals surface area contributed by atoms with E-state index in [4.69, 9.17) is 10.00 Å². The van der Waals surface area contributed by atoms with Crippen LogP contribution in [0.2, 0.25) is 0 Å². The van der Waals surface area contributed by atoms with Crippen LogP contribution in [0.5, 0.6) is 0 Å². The van der Waals surface area contributed by atoms with Crippen LogP contribution in [-0.4, -0.2) is 31.6 Å². The van der Waals surface area contributed by atoms with Crippen LogP contribution in [0.4, 0.5) is 0 Å². The number of rotatable bonds is 9. The van der Waals surface area contributed by atoms with Crippen LogP contribution in [0.15, 0.2) is 0 Å². The standard InChI is InChI=1S/C10H16N2O4/c1-2-15-10(14)9(16-7-11)5-3-4-6-12-8-13/h8-9H,2-6H2,1H3,(H,12,13). The van der Waals surface area contributed by atoms with Crippen LogP contribution in [0.25, 0.3) is 0 Å². The lowest BCUT2D eigenvalue weighted by molar-refractivity contribution is -0.153. The first kappa shape index (κ1) is 14.2. The van der Waals surface area contributed by atoms with Gasteiger partial charge in [-0.3, -0.25) is 4.79 Å². The highest BCUT2D eigenvalue weighted by Gasteiger charge is 2.20. The summed E-state index contributed by atoms with van der Waals surface area (Å²) in [7, 11) is 0. The number of nitrogens with zero attached hydrogens (tertiary/aromatic N) is 1. The van der Waals surface area contributed by atoms with Crippen LogP contribution < -0.4 is 5.32 Å². The van der Waals surface area contributed by atoms with Gasteiger partial charge in [0, 0.05) is 6.54 Å². The number of ether oxygens (including phenoxy) is 2. The Morgan fingerprint density at radius 1 is 1.56 bits per heavy atom. The lowest BCUT2D eigenvalue weighted by Crippen LogP contribution is -2.25. The monoisotopic (exact) mass is 228 g/mol. The van der Waals surface area contributed by atoms with Gasteiger partial charge in [0.2, 0.25) is 12.5 Å². The highest BCUT2D eigenvalue weighted by atomic mass is 16.6. The maximum absolute atomic E-state index is 11.3. The van der Waals surface area contributed by atoms with Gasteiger partial charge in [0.15, 0.2) is 0 Å². The third-order valence-electron chi connectivity index (χ3n) is 1.87. The third kappa shape index (κ3) is 6.65. The van der Waals surface area contributed by atoms with Gasteiger partial charge in [-0.2, -0.15) is 5.26 Å². The molecule has 0 aliphatic heterocycles. The molecule has 0 rings (SSSR count). The molecule has 1 unspecified atom stereocenters. The molecule has 0 fully saturated rings. The highest BCUT2D eigenvalue weighted by molar-refractivity contribution is 5.74. The number of hydrogen-bond donors (Lipinski definition) is 1. The molecule has 90 valence electrons. The van der Waals surface area contributed by atoms with E-state index in [9.17, 15) is 9.59 Å². The number of esters is 1. The Labute approximate surface area is 94.5 Å². The molecule has 0 aromatic heterocycles. The minimum atomic E-state index is -0.832. The van der Waals surface area contributed by atoms with Crippen molar-refractivity contribution >= 4 is 12.4 Å². The molecule has 0 aromatic carbocycles. The van der Waals surface area contributed by atoms with Crippen molar-refractivity contribution in [2.75, 3.05) is 13.2 Å². The summed E-state index contributed by atoms with van der Waals surface area (Å²) >= 11 is 0. The molecule has 0 aromatic rings. The molecule has 1 N–H and O–H groups in total. The molecule has 0 saturated carbocycles. The number of nitriles is 1. The number of unbranched alkanes of at least 4 members (excludes halogenated alkanes) is 1. The van der Waals surface area contributed by atoms with Crippen molar-refractivity contribution in [2.45, 2.75) is 32.3 Å². The molecule has 0 bridgehead atoms. The lowest BCUT2D eigenvalue weighted by Gasteiger charge is -2.11. The van der Waals surface area contributed by atoms with Gasteiger partial charge in [-0.1, -0.05) is 0 Å². The summed E-state index contributed by atoms with van der Waals surface area (Å²) in [4.78, 5) is 21.2. The highest BCUT2D eigenvalue weighted by Crippen LogP contribution is 2.06. The second-order valence-corrected chi connectivity index (χ2v) is 3.02. The number of amides is 1. The van der Waals surface area contributed by atoms with Gasteiger partial charge >= 0.3 is 5.97 Å². The average Bonchev–Trinajstić information content (AvgIpc) is 2.27. The Morgan fingerprint density at radius 2 is 2.31 bits per heavy atom. The van der Waals surface area contributed by atoms with E-state index >= 15 is 0 Å². The number of nitrogens with one attached hydrogen (secondary N) is 1. The van der Waals surface area contributed by atoms with E-state index in [0.717, 1.165) is 6.42 Å². The molecule has 1 amide bonds. The summed E-state index contributed by atoms with van der Waals surface area (Å²) in [5, 5.41) is 10.9. The van der Waals surface area contributed by atoms with E-state index in [0.29, 0.717) is 25.8 Å². The Kier molecular flexibility index (Phi) is 8.69. The van der Waals surface area contributed by atoms with Gasteiger partial charge < -0.3 is 14.8 Å². The molecule has 6 heteroatoms. The quantitative estimate of drug-likeness (QED) is 0.266. The van der Waals surface area contributed by atoms with E-state index < -0.39 is 12.1 Å². The van der Waals surface area contributed by atoms with Crippen LogP contribution >= 0.6 is 0 Å². The molecule has 0 heterocycles. The van der Waals surface area contributed by atoms with Crippen molar-refractivity contribution in [2.24, 2.45) is 0 Å². The zero-order chi connectivity index (χ0) is 12.2. The maximum Gasteiger partial charge on any atom is 0.348 e. The molecule has 0 aliphatic rings. The lowest BCUT2D eigenvalue weighted by atomic mass is 10.1. The first-order valence-electron chi connectivity index (χ1n) is 5.14. The predicted octanol–water partition coefficient (Wildman–Crippen LogP) is 0.332. The Bertz CT molecular complexity index is 250. The van der Waals surface area contributed by atoms with Gasteiger partial charge in [-0.05, 0) is 26.2 Å². The first-order valence-corrected chi connectivity index (χ1v) is 5.14. The van der Waals surface area contributed by atoms with E-state index in [1.165, 1.54) is 6.26 Å². The Morgan fingerprint density at radius 3 is 2.88 bits per heavy atom. The van der Waals surface area contributed by atoms with E-state index in [-0.39, 0.29) is 6.61 Å². The smallest absolute Gasteiger partial charge is 0.348 e. The fourth-order valence-corrected chi connectivity index (χ4v) is 1.14. The first-order chi connectivity index (χ1) is 7.76. The minimum Gasteiger partial charge on any atom is -0.463 e. The van der Waals surface area contributed by atoms with Crippen LogP contribution in [0.3, 0.4) is 0 Å². The molecule has 0 saturated heterocycles. The summed E-state index contributed by atoms with van der Waals surface area (Å²) < 4.78 is 9.35. The summed E-state index contributed by atoms with van der Waals surface area (Å²) in [6.45, 7) is 2.50. The van der Waals surface area contributed by atoms with Crippen molar-refractivity contribution in [3.63, 3.8) is 0 Å². The molecular formula is C10H16N2O4. The van der Waals surface area contributed by atoms with Crippen molar-refractivity contribution < 1.29 is 19.1 Å². The molecule has 1 atom stereocenters. The second kappa shape index (κ2) is 9.77. The number of hydrogen-bond acceptors (Lipinski definition) is 5. The van der Waals surface area contributed by atoms with Crippen LogP contribution in [-0.2, 0) is 19.1 Å². The summed E-state index contributed by atoms with van der Waals surface area (Å²) in [5.41, 5.74) is 0. The van der Waals surface area contributed by atoms with Crippen LogP contribution in [0, 0.1) is 11.5 Å². The molecule has 0 spiro atoms. The van der Waals surface area contributed by atoms with Crippen molar-refractivity contribution in [1.82, 2.24) is 5.32 Å². The molecule has 6 nitrogen and oxygen atoms in total. The van der Waals surface area contributed by atoms with Gasteiger partial charge in [-0.25, -0.2) is 4.79 Å². The number of carbonyl (C=O) groups is 2. The summed E-state index contributed by atoms with van der Waals surface area (Å²) in [6, 6.07) is 0. The molecular weight excluding hydrogens is 212 g/mol. The van der Waals surface area contributed by atoms with E-state index in [2.05, 4.69) is 10.1 Å². The molecule has 0 aliphatic carbocycles. The third-order valence-corrected chi connectivity index (χ3v) is 1.87. The van der Waals surface area contributed by atoms with Gasteiger partial charge in [0.1, 0.15) is 0 Å². The van der Waals surface area contributed by atoms with Crippen molar-refractivity contribution in [3.8, 4) is 6.26 Å². The Balaban J connectivity index is 3.80. The fourth-order valence-electron chi connectivity index (χ4n) is 1.14. The van der Waals surface area contributed by atoms with E-state index in [1.54, 1.807) is 6.92 Å². The summed E-state index contributed by atoms with van der Waals surface area (Å²) in [5.74, 6) is -0.521. The van der Waals surface area contributed by atoms with Crippen molar-refractivity contribution in [3.05, 3.63) is 0 Å². The zero-order valence-electron chi connectivity index (χ0n) is 9.27. The fraction of sp³-hybridized carbons (Fsp3) is 0.700. The Hall–Kier alpha value is -1.77. The largest absolute Gasteiger partial charge is 0.463 e. The van der Waals surface area contributed by atoms with Gasteiger partial charge in [0.05, 0.1) is 6.61 Å². The second-order valence-electron chi connectivity index (χ2n) is 3.02. The maximum atomic E-state index is 11.3. The number of carbonyl (C=O) groups excluding carboxylic acids is 2. The summed E-state index contributed by atoms with van der Waals surface area (Å²) in [6.07, 6.45) is 3.08. The SMILES string of the molecule is CCOC(=O)C(CCCCNC=O)OC#N. The average molecular weight is 228 g/mol. The van der Waals surface area contributed by atoms with Crippen molar-refractivity contribution in [1.29, 1.82) is 5.26 Å². The molecule has 0 radical (unpaired) electrons. The van der Waals surface area contributed by atoms with Gasteiger partial charge in [-0.15, -0.1) is 0 Å². The zero-order valence-corrected chi connectivity index (χ0v) is 9.27. The minimum absolute atomic E-state index is 0.261. The topological polar surface area (TPSA) is 88.4 Å². The normalized spacial score (nSPS) is 11.0. The molecule has 16 heavy (non-hydrogen) atoms. The van der Waals surface area contributed by atoms with E-state index in [1.807, 2.05) is 0 Å². The predicted molar refractivity (Wildman–Crippen MR) is 55.0 cm³/mol. The van der Waals surface area contributed by atoms with Crippen LogP contribution in [0.1, 0.15) is 26.2 Å². The van der Waals surface area contributed by atoms with Gasteiger partial charge in [0.25, 0.3) is 6.26 Å².